The van der Waals surface area contributed by atoms with Gasteiger partial charge in [0.1, 0.15) is 0 Å². The van der Waals surface area contributed by atoms with E-state index in [4.69, 9.17) is 5.11 Å². The van der Waals surface area contributed by atoms with E-state index in [1.807, 2.05) is 18.2 Å². The normalized spacial score (nSPS) is 13.1. The van der Waals surface area contributed by atoms with Gasteiger partial charge in [0.25, 0.3) is 0 Å². The highest BCUT2D eigenvalue weighted by Crippen LogP contribution is 2.22. The molecular formula is C12H16N2OS. The van der Waals surface area contributed by atoms with Crippen LogP contribution in [-0.4, -0.2) is 29.3 Å². The number of hydrogen-bond acceptors (Lipinski definition) is 4. The SMILES string of the molecule is CC(Cc1nc2ccccc2s1)NCCO. The van der Waals surface area contributed by atoms with E-state index in [1.54, 1.807) is 11.3 Å². The summed E-state index contributed by atoms with van der Waals surface area (Å²) in [6, 6.07) is 8.55. The minimum absolute atomic E-state index is 0.185. The van der Waals surface area contributed by atoms with E-state index in [9.17, 15) is 0 Å². The van der Waals surface area contributed by atoms with Crippen LogP contribution in [0.4, 0.5) is 0 Å². The molecule has 2 N–H and O–H groups in total. The van der Waals surface area contributed by atoms with Gasteiger partial charge in [-0.2, -0.15) is 0 Å². The first-order valence-corrected chi connectivity index (χ1v) is 6.30. The van der Waals surface area contributed by atoms with Crippen LogP contribution in [0.1, 0.15) is 11.9 Å². The van der Waals surface area contributed by atoms with Crippen molar-refractivity contribution in [1.82, 2.24) is 10.3 Å². The first-order valence-electron chi connectivity index (χ1n) is 5.48. The summed E-state index contributed by atoms with van der Waals surface area (Å²) in [6.45, 7) is 2.94. The molecule has 1 atom stereocenters. The van der Waals surface area contributed by atoms with Gasteiger partial charge in [0, 0.05) is 19.0 Å². The van der Waals surface area contributed by atoms with Crippen LogP contribution >= 0.6 is 11.3 Å². The quantitative estimate of drug-likeness (QED) is 0.832. The Morgan fingerprint density at radius 2 is 2.25 bits per heavy atom. The Kier molecular flexibility index (Phi) is 3.88. The summed E-state index contributed by atoms with van der Waals surface area (Å²) in [6.07, 6.45) is 0.916. The van der Waals surface area contributed by atoms with Gasteiger partial charge in [-0.1, -0.05) is 12.1 Å². The lowest BCUT2D eigenvalue weighted by Gasteiger charge is -2.10. The van der Waals surface area contributed by atoms with Crippen LogP contribution in [-0.2, 0) is 6.42 Å². The van der Waals surface area contributed by atoms with Crippen molar-refractivity contribution in [2.75, 3.05) is 13.2 Å². The molecule has 0 saturated heterocycles. The van der Waals surface area contributed by atoms with Gasteiger partial charge in [-0.25, -0.2) is 4.98 Å². The molecule has 0 aliphatic rings. The van der Waals surface area contributed by atoms with E-state index in [1.165, 1.54) is 4.70 Å². The van der Waals surface area contributed by atoms with Crippen LogP contribution in [0.2, 0.25) is 0 Å². The van der Waals surface area contributed by atoms with E-state index < -0.39 is 0 Å². The lowest BCUT2D eigenvalue weighted by Crippen LogP contribution is -2.30. The maximum Gasteiger partial charge on any atom is 0.0954 e. The second kappa shape index (κ2) is 5.39. The molecule has 0 saturated carbocycles. The maximum atomic E-state index is 8.72. The summed E-state index contributed by atoms with van der Waals surface area (Å²) in [7, 11) is 0. The summed E-state index contributed by atoms with van der Waals surface area (Å²) in [5.41, 5.74) is 1.08. The van der Waals surface area contributed by atoms with Gasteiger partial charge in [-0.3, -0.25) is 0 Å². The average molecular weight is 236 g/mol. The molecule has 2 aromatic rings. The van der Waals surface area contributed by atoms with E-state index >= 15 is 0 Å². The van der Waals surface area contributed by atoms with Gasteiger partial charge in [0.05, 0.1) is 21.8 Å². The number of aliphatic hydroxyl groups excluding tert-OH is 1. The highest BCUT2D eigenvalue weighted by atomic mass is 32.1. The first-order chi connectivity index (χ1) is 7.79. The van der Waals surface area contributed by atoms with Gasteiger partial charge >= 0.3 is 0 Å². The maximum absolute atomic E-state index is 8.72. The van der Waals surface area contributed by atoms with E-state index in [2.05, 4.69) is 23.3 Å². The lowest BCUT2D eigenvalue weighted by atomic mass is 10.2. The molecule has 3 nitrogen and oxygen atoms in total. The Bertz CT molecular complexity index is 422. The number of aliphatic hydroxyl groups is 1. The van der Waals surface area contributed by atoms with E-state index in [-0.39, 0.29) is 6.61 Å². The Morgan fingerprint density at radius 3 is 3.00 bits per heavy atom. The second-order valence-electron chi connectivity index (χ2n) is 3.86. The highest BCUT2D eigenvalue weighted by Gasteiger charge is 2.07. The number of nitrogens with zero attached hydrogens (tertiary/aromatic N) is 1. The smallest absolute Gasteiger partial charge is 0.0954 e. The molecule has 1 heterocycles. The standard InChI is InChI=1S/C12H16N2OS/c1-9(13-6-7-15)8-12-14-10-4-2-3-5-11(10)16-12/h2-5,9,13,15H,6-8H2,1H3. The molecule has 1 unspecified atom stereocenters. The molecule has 0 aliphatic carbocycles. The molecule has 2 rings (SSSR count). The van der Waals surface area contributed by atoms with E-state index in [0.29, 0.717) is 12.6 Å². The van der Waals surface area contributed by atoms with Crippen molar-refractivity contribution in [3.8, 4) is 0 Å². The van der Waals surface area contributed by atoms with Gasteiger partial charge in [0.2, 0.25) is 0 Å². The van der Waals surface area contributed by atoms with Gasteiger partial charge < -0.3 is 10.4 Å². The zero-order valence-corrected chi connectivity index (χ0v) is 10.1. The molecule has 0 bridgehead atoms. The van der Waals surface area contributed by atoms with E-state index in [0.717, 1.165) is 16.9 Å². The summed E-state index contributed by atoms with van der Waals surface area (Å²) in [5.74, 6) is 0. The minimum Gasteiger partial charge on any atom is -0.395 e. The fraction of sp³-hybridized carbons (Fsp3) is 0.417. The molecule has 4 heteroatoms. The van der Waals surface area contributed by atoms with Crippen LogP contribution in [0.25, 0.3) is 10.2 Å². The van der Waals surface area contributed by atoms with Crippen LogP contribution in [0, 0.1) is 0 Å². The predicted octanol–water partition coefficient (Wildman–Crippen LogP) is 1.81. The number of aromatic nitrogens is 1. The fourth-order valence-electron chi connectivity index (χ4n) is 1.65. The highest BCUT2D eigenvalue weighted by molar-refractivity contribution is 7.18. The van der Waals surface area contributed by atoms with Crippen molar-refractivity contribution in [3.05, 3.63) is 29.3 Å². The van der Waals surface area contributed by atoms with Crippen molar-refractivity contribution in [2.24, 2.45) is 0 Å². The summed E-state index contributed by atoms with van der Waals surface area (Å²) in [5, 5.41) is 13.1. The summed E-state index contributed by atoms with van der Waals surface area (Å²) in [4.78, 5) is 4.58. The third-order valence-corrected chi connectivity index (χ3v) is 3.48. The van der Waals surface area contributed by atoms with Crippen molar-refractivity contribution in [1.29, 1.82) is 0 Å². The molecule has 0 spiro atoms. The molecule has 0 amide bonds. The number of para-hydroxylation sites is 1. The van der Waals surface area contributed by atoms with Crippen LogP contribution in [0.3, 0.4) is 0 Å². The Hall–Kier alpha value is -0.970. The Labute approximate surface area is 99.1 Å². The Morgan fingerprint density at radius 1 is 1.44 bits per heavy atom. The molecule has 1 aromatic heterocycles. The zero-order chi connectivity index (χ0) is 11.4. The topological polar surface area (TPSA) is 45.2 Å². The lowest BCUT2D eigenvalue weighted by molar-refractivity contribution is 0.285. The second-order valence-corrected chi connectivity index (χ2v) is 4.97. The number of rotatable bonds is 5. The number of hydrogen-bond donors (Lipinski definition) is 2. The minimum atomic E-state index is 0.185. The number of fused-ring (bicyclic) bond motifs is 1. The summed E-state index contributed by atoms with van der Waals surface area (Å²) >= 11 is 1.75. The van der Waals surface area contributed by atoms with Crippen molar-refractivity contribution >= 4 is 21.6 Å². The number of nitrogens with one attached hydrogen (secondary N) is 1. The van der Waals surface area contributed by atoms with Crippen molar-refractivity contribution < 1.29 is 5.11 Å². The zero-order valence-electron chi connectivity index (χ0n) is 9.31. The largest absolute Gasteiger partial charge is 0.395 e. The van der Waals surface area contributed by atoms with Crippen LogP contribution in [0.5, 0.6) is 0 Å². The van der Waals surface area contributed by atoms with Crippen LogP contribution in [0.15, 0.2) is 24.3 Å². The predicted molar refractivity (Wildman–Crippen MR) is 67.9 cm³/mol. The fourth-order valence-corrected chi connectivity index (χ4v) is 2.75. The molecule has 0 fully saturated rings. The summed E-state index contributed by atoms with van der Waals surface area (Å²) < 4.78 is 1.24. The molecule has 16 heavy (non-hydrogen) atoms. The number of benzene rings is 1. The Balaban J connectivity index is 2.03. The molecular weight excluding hydrogens is 220 g/mol. The van der Waals surface area contributed by atoms with Gasteiger partial charge in [-0.05, 0) is 19.1 Å². The average Bonchev–Trinajstić information content (AvgIpc) is 2.68. The van der Waals surface area contributed by atoms with Gasteiger partial charge in [0.15, 0.2) is 0 Å². The molecule has 1 aromatic carbocycles. The molecule has 86 valence electrons. The monoisotopic (exact) mass is 236 g/mol. The van der Waals surface area contributed by atoms with Crippen molar-refractivity contribution in [2.45, 2.75) is 19.4 Å². The van der Waals surface area contributed by atoms with Crippen LogP contribution < -0.4 is 5.32 Å². The van der Waals surface area contributed by atoms with Crippen molar-refractivity contribution in [3.63, 3.8) is 0 Å². The molecule has 0 radical (unpaired) electrons. The third kappa shape index (κ3) is 2.78. The molecule has 0 aliphatic heterocycles. The first kappa shape index (κ1) is 11.5. The van der Waals surface area contributed by atoms with Gasteiger partial charge in [-0.15, -0.1) is 11.3 Å². The number of thiazole rings is 1. The third-order valence-electron chi connectivity index (χ3n) is 2.42.